The third-order valence-corrected chi connectivity index (χ3v) is 4.70. The molecular weight excluding hydrogens is 292 g/mol. The van der Waals surface area contributed by atoms with Gasteiger partial charge >= 0.3 is 5.97 Å². The van der Waals surface area contributed by atoms with E-state index in [1.165, 1.54) is 11.1 Å². The Morgan fingerprint density at radius 3 is 2.39 bits per heavy atom. The lowest BCUT2D eigenvalue weighted by Crippen LogP contribution is -2.22. The van der Waals surface area contributed by atoms with Crippen molar-refractivity contribution in [1.82, 2.24) is 0 Å². The molecule has 0 saturated carbocycles. The highest BCUT2D eigenvalue weighted by molar-refractivity contribution is 5.80. The first kappa shape index (κ1) is 15.7. The molecule has 0 aliphatic heterocycles. The highest BCUT2D eigenvalue weighted by atomic mass is 16.4. The van der Waals surface area contributed by atoms with Gasteiger partial charge in [0.2, 0.25) is 0 Å². The van der Waals surface area contributed by atoms with Crippen molar-refractivity contribution in [3.63, 3.8) is 0 Å². The summed E-state index contributed by atoms with van der Waals surface area (Å²) in [4.78, 5) is 10.7. The van der Waals surface area contributed by atoms with Crippen LogP contribution in [0, 0.1) is 0 Å². The molecule has 3 N–H and O–H groups in total. The summed E-state index contributed by atoms with van der Waals surface area (Å²) in [5, 5.41) is 28.9. The number of aliphatic hydroxyl groups excluding tert-OH is 2. The van der Waals surface area contributed by atoms with Crippen molar-refractivity contribution in [2.75, 3.05) is 0 Å². The zero-order valence-corrected chi connectivity index (χ0v) is 13.2. The lowest BCUT2D eigenvalue weighted by atomic mass is 9.81. The smallest absolute Gasteiger partial charge is 0.306 e. The van der Waals surface area contributed by atoms with Crippen molar-refractivity contribution < 1.29 is 20.1 Å². The Morgan fingerprint density at radius 1 is 1.04 bits per heavy atom. The van der Waals surface area contributed by atoms with Crippen LogP contribution in [0.5, 0.6) is 0 Å². The molecule has 0 aromatic heterocycles. The molecule has 4 heteroatoms. The van der Waals surface area contributed by atoms with Gasteiger partial charge in [-0.05, 0) is 27.8 Å². The van der Waals surface area contributed by atoms with Crippen LogP contribution in [-0.4, -0.2) is 27.4 Å². The second-order valence-corrected chi connectivity index (χ2v) is 6.59. The molecule has 0 fully saturated rings. The van der Waals surface area contributed by atoms with Crippen molar-refractivity contribution in [3.8, 4) is 11.1 Å². The maximum absolute atomic E-state index is 10.7. The lowest BCUT2D eigenvalue weighted by Gasteiger charge is -2.23. The summed E-state index contributed by atoms with van der Waals surface area (Å²) in [5.41, 5.74) is 4.96. The second kappa shape index (κ2) is 5.48. The quantitative estimate of drug-likeness (QED) is 0.811. The van der Waals surface area contributed by atoms with E-state index in [4.69, 9.17) is 5.11 Å². The van der Waals surface area contributed by atoms with Gasteiger partial charge < -0.3 is 15.3 Å². The maximum atomic E-state index is 10.7. The first-order valence-electron chi connectivity index (χ1n) is 7.64. The van der Waals surface area contributed by atoms with E-state index >= 15 is 0 Å². The van der Waals surface area contributed by atoms with Gasteiger partial charge in [0.15, 0.2) is 0 Å². The summed E-state index contributed by atoms with van der Waals surface area (Å²) in [5.74, 6) is -1.13. The third kappa shape index (κ3) is 2.54. The van der Waals surface area contributed by atoms with Gasteiger partial charge in [-0.25, -0.2) is 0 Å². The van der Waals surface area contributed by atoms with Gasteiger partial charge in [0.1, 0.15) is 6.10 Å². The molecule has 0 spiro atoms. The molecule has 2 unspecified atom stereocenters. The molecule has 2 aromatic rings. The highest BCUT2D eigenvalue weighted by Gasteiger charge is 2.35. The largest absolute Gasteiger partial charge is 0.481 e. The first-order chi connectivity index (χ1) is 10.8. The van der Waals surface area contributed by atoms with Crippen LogP contribution in [0.2, 0.25) is 0 Å². The van der Waals surface area contributed by atoms with Crippen LogP contribution in [0.1, 0.15) is 43.1 Å². The van der Waals surface area contributed by atoms with Crippen LogP contribution < -0.4 is 0 Å². The number of fused-ring (bicyclic) bond motifs is 3. The number of benzene rings is 2. The molecule has 0 saturated heterocycles. The van der Waals surface area contributed by atoms with Gasteiger partial charge in [0, 0.05) is 5.41 Å². The van der Waals surface area contributed by atoms with Crippen molar-refractivity contribution in [3.05, 3.63) is 59.2 Å². The van der Waals surface area contributed by atoms with E-state index in [2.05, 4.69) is 26.0 Å². The summed E-state index contributed by atoms with van der Waals surface area (Å²) in [6, 6.07) is 13.8. The van der Waals surface area contributed by atoms with Crippen molar-refractivity contribution >= 4 is 5.97 Å². The Bertz CT molecular complexity index is 764. The molecular formula is C19H20O4. The van der Waals surface area contributed by atoms with Gasteiger partial charge in [-0.15, -0.1) is 0 Å². The highest BCUT2D eigenvalue weighted by Crippen LogP contribution is 2.49. The molecule has 0 bridgehead atoms. The van der Waals surface area contributed by atoms with E-state index in [0.29, 0.717) is 5.56 Å². The average Bonchev–Trinajstić information content (AvgIpc) is 2.74. The Kier molecular flexibility index (Phi) is 3.74. The fourth-order valence-corrected chi connectivity index (χ4v) is 3.42. The van der Waals surface area contributed by atoms with Crippen LogP contribution in [0.3, 0.4) is 0 Å². The average molecular weight is 312 g/mol. The normalized spacial score (nSPS) is 17.2. The Labute approximate surface area is 135 Å². The van der Waals surface area contributed by atoms with Gasteiger partial charge in [0.25, 0.3) is 0 Å². The summed E-state index contributed by atoms with van der Waals surface area (Å²) in [6.07, 6.45) is -3.02. The lowest BCUT2D eigenvalue weighted by molar-refractivity contribution is -0.141. The molecule has 120 valence electrons. The number of carbonyl (C=O) groups is 1. The molecule has 2 aromatic carbocycles. The summed E-state index contributed by atoms with van der Waals surface area (Å²) >= 11 is 0. The Morgan fingerprint density at radius 2 is 1.70 bits per heavy atom. The van der Waals surface area contributed by atoms with Crippen molar-refractivity contribution in [2.45, 2.75) is 37.9 Å². The molecule has 1 aliphatic rings. The zero-order valence-electron chi connectivity index (χ0n) is 13.2. The molecule has 1 aliphatic carbocycles. The predicted octanol–water partition coefficient (Wildman–Crippen LogP) is 2.86. The van der Waals surface area contributed by atoms with Crippen molar-refractivity contribution in [2.24, 2.45) is 0 Å². The van der Waals surface area contributed by atoms with Crippen LogP contribution in [0.4, 0.5) is 0 Å². The fraction of sp³-hybridized carbons (Fsp3) is 0.316. The van der Waals surface area contributed by atoms with Crippen LogP contribution in [0.15, 0.2) is 42.5 Å². The number of carboxylic acids is 1. The summed E-state index contributed by atoms with van der Waals surface area (Å²) in [6.45, 7) is 4.25. The topological polar surface area (TPSA) is 77.8 Å². The predicted molar refractivity (Wildman–Crippen MR) is 87.2 cm³/mol. The monoisotopic (exact) mass is 312 g/mol. The molecule has 0 radical (unpaired) electrons. The van der Waals surface area contributed by atoms with E-state index in [1.54, 1.807) is 6.07 Å². The summed E-state index contributed by atoms with van der Waals surface area (Å²) < 4.78 is 0. The minimum Gasteiger partial charge on any atom is -0.481 e. The van der Waals surface area contributed by atoms with Gasteiger partial charge in [-0.1, -0.05) is 56.3 Å². The molecule has 4 nitrogen and oxygen atoms in total. The van der Waals surface area contributed by atoms with Crippen LogP contribution in [0.25, 0.3) is 11.1 Å². The fourth-order valence-electron chi connectivity index (χ4n) is 3.42. The SMILES string of the molecule is CC1(C)c2ccccc2-c2ccc(C(O)C(O)CC(=O)O)cc21. The van der Waals surface area contributed by atoms with E-state index < -0.39 is 24.6 Å². The standard InChI is InChI=1S/C19H20O4/c1-19(2)14-6-4-3-5-12(14)13-8-7-11(9-15(13)19)18(23)16(20)10-17(21)22/h3-9,16,18,20,23H,10H2,1-2H3,(H,21,22). The minimum atomic E-state index is -1.32. The Hall–Kier alpha value is -2.17. The Balaban J connectivity index is 2.02. The number of rotatable bonds is 4. The molecule has 3 rings (SSSR count). The molecule has 0 heterocycles. The van der Waals surface area contributed by atoms with Gasteiger partial charge in [-0.2, -0.15) is 0 Å². The number of hydrogen-bond donors (Lipinski definition) is 3. The molecule has 23 heavy (non-hydrogen) atoms. The van der Waals surface area contributed by atoms with E-state index in [9.17, 15) is 15.0 Å². The zero-order chi connectivity index (χ0) is 16.8. The van der Waals surface area contributed by atoms with Crippen LogP contribution in [-0.2, 0) is 10.2 Å². The molecule has 0 amide bonds. The number of hydrogen-bond acceptors (Lipinski definition) is 3. The van der Waals surface area contributed by atoms with E-state index in [-0.39, 0.29) is 5.41 Å². The first-order valence-corrected chi connectivity index (χ1v) is 7.64. The maximum Gasteiger partial charge on any atom is 0.306 e. The van der Waals surface area contributed by atoms with Gasteiger partial charge in [-0.3, -0.25) is 4.79 Å². The number of aliphatic carboxylic acids is 1. The number of carboxylic acid groups (broad SMARTS) is 1. The van der Waals surface area contributed by atoms with Crippen molar-refractivity contribution in [1.29, 1.82) is 0 Å². The molecule has 2 atom stereocenters. The van der Waals surface area contributed by atoms with E-state index in [1.807, 2.05) is 24.3 Å². The van der Waals surface area contributed by atoms with E-state index in [0.717, 1.165) is 11.1 Å². The van der Waals surface area contributed by atoms with Crippen LogP contribution >= 0.6 is 0 Å². The second-order valence-electron chi connectivity index (χ2n) is 6.59. The third-order valence-electron chi connectivity index (χ3n) is 4.70. The minimum absolute atomic E-state index is 0.195. The van der Waals surface area contributed by atoms with Gasteiger partial charge in [0.05, 0.1) is 12.5 Å². The number of aliphatic hydroxyl groups is 2. The summed E-state index contributed by atoms with van der Waals surface area (Å²) in [7, 11) is 0.